The molecule has 0 aliphatic rings. The predicted octanol–water partition coefficient (Wildman–Crippen LogP) is 2.74. The molecule has 0 unspecified atom stereocenters. The quantitative estimate of drug-likeness (QED) is 0.809. The smallest absolute Gasteiger partial charge is 0.339 e. The van der Waals surface area contributed by atoms with Crippen molar-refractivity contribution in [1.29, 1.82) is 0 Å². The Kier molecular flexibility index (Phi) is 3.14. The highest BCUT2D eigenvalue weighted by Gasteiger charge is 2.20. The summed E-state index contributed by atoms with van der Waals surface area (Å²) >= 11 is 0. The van der Waals surface area contributed by atoms with Crippen LogP contribution in [0.2, 0.25) is 19.6 Å². The first-order valence-electron chi connectivity index (χ1n) is 4.51. The number of hydrogen-bond donors (Lipinski definition) is 1. The summed E-state index contributed by atoms with van der Waals surface area (Å²) in [7, 11) is -1.88. The second-order valence-electron chi connectivity index (χ2n) is 4.16. The molecule has 1 aromatic rings. The normalized spacial score (nSPS) is 11.2. The van der Waals surface area contributed by atoms with E-state index >= 15 is 0 Å². The molecule has 1 rings (SSSR count). The van der Waals surface area contributed by atoms with Crippen LogP contribution in [0, 0.1) is 5.82 Å². The van der Waals surface area contributed by atoms with Crippen molar-refractivity contribution in [2.45, 2.75) is 19.6 Å². The van der Waals surface area contributed by atoms with Crippen LogP contribution in [0.4, 0.5) is 4.39 Å². The first-order chi connectivity index (χ1) is 6.79. The van der Waals surface area contributed by atoms with Crippen molar-refractivity contribution in [3.63, 3.8) is 0 Å². The molecule has 3 nitrogen and oxygen atoms in total. The Morgan fingerprint density at radius 1 is 1.40 bits per heavy atom. The zero-order valence-electron chi connectivity index (χ0n) is 8.87. The molecule has 82 valence electrons. The predicted molar refractivity (Wildman–Crippen MR) is 57.3 cm³/mol. The molecule has 0 aromatic heterocycles. The molecule has 0 atom stereocenters. The highest BCUT2D eigenvalue weighted by molar-refractivity contribution is 6.70. The Hall–Kier alpha value is -1.36. The summed E-state index contributed by atoms with van der Waals surface area (Å²) in [5, 5.41) is 8.86. The molecule has 1 aromatic carbocycles. The SMILES string of the molecule is C[Si](C)(C)Oc1ccc(F)cc1C(=O)O. The van der Waals surface area contributed by atoms with Crippen LogP contribution in [0.3, 0.4) is 0 Å². The Morgan fingerprint density at radius 3 is 2.47 bits per heavy atom. The molecule has 1 N–H and O–H groups in total. The molecule has 5 heteroatoms. The number of hydrogen-bond acceptors (Lipinski definition) is 2. The van der Waals surface area contributed by atoms with Crippen LogP contribution in [0.5, 0.6) is 5.75 Å². The first kappa shape index (κ1) is 11.7. The van der Waals surface area contributed by atoms with Gasteiger partial charge in [0.2, 0.25) is 8.32 Å². The first-order valence-corrected chi connectivity index (χ1v) is 7.92. The van der Waals surface area contributed by atoms with Gasteiger partial charge in [-0.2, -0.15) is 0 Å². The number of aromatic carboxylic acids is 1. The van der Waals surface area contributed by atoms with Crippen LogP contribution in [0.1, 0.15) is 10.4 Å². The highest BCUT2D eigenvalue weighted by atomic mass is 28.4. The van der Waals surface area contributed by atoms with Gasteiger partial charge in [-0.25, -0.2) is 9.18 Å². The van der Waals surface area contributed by atoms with E-state index in [0.29, 0.717) is 0 Å². The van der Waals surface area contributed by atoms with Crippen molar-refractivity contribution >= 4 is 14.3 Å². The van der Waals surface area contributed by atoms with Crippen LogP contribution in [-0.2, 0) is 0 Å². The molecule has 0 fully saturated rings. The zero-order chi connectivity index (χ0) is 11.6. The van der Waals surface area contributed by atoms with Gasteiger partial charge in [0.25, 0.3) is 0 Å². The summed E-state index contributed by atoms with van der Waals surface area (Å²) in [4.78, 5) is 10.8. The summed E-state index contributed by atoms with van der Waals surface area (Å²) in [6, 6.07) is 3.52. The molecule has 0 amide bonds. The van der Waals surface area contributed by atoms with Crippen molar-refractivity contribution in [3.05, 3.63) is 29.6 Å². The van der Waals surface area contributed by atoms with Gasteiger partial charge < -0.3 is 9.53 Å². The van der Waals surface area contributed by atoms with Gasteiger partial charge in [0, 0.05) is 0 Å². The van der Waals surface area contributed by atoms with Gasteiger partial charge in [0.05, 0.1) is 0 Å². The average Bonchev–Trinajstić information content (AvgIpc) is 2.05. The van der Waals surface area contributed by atoms with Crippen molar-refractivity contribution < 1.29 is 18.7 Å². The van der Waals surface area contributed by atoms with Gasteiger partial charge in [0.1, 0.15) is 17.1 Å². The van der Waals surface area contributed by atoms with Gasteiger partial charge in [-0.1, -0.05) is 0 Å². The maximum absolute atomic E-state index is 12.8. The number of rotatable bonds is 3. The molecule has 0 radical (unpaired) electrons. The number of halogens is 1. The van der Waals surface area contributed by atoms with Gasteiger partial charge in [-0.15, -0.1) is 0 Å². The minimum absolute atomic E-state index is 0.127. The molecule has 0 saturated heterocycles. The minimum atomic E-state index is -1.88. The maximum Gasteiger partial charge on any atom is 0.339 e. The van der Waals surface area contributed by atoms with Crippen molar-refractivity contribution in [1.82, 2.24) is 0 Å². The lowest BCUT2D eigenvalue weighted by atomic mass is 10.2. The number of carboxylic acids is 1. The average molecular weight is 228 g/mol. The van der Waals surface area contributed by atoms with Crippen LogP contribution in [-0.4, -0.2) is 19.4 Å². The monoisotopic (exact) mass is 228 g/mol. The number of benzene rings is 1. The Balaban J connectivity index is 3.12. The van der Waals surface area contributed by atoms with E-state index in [1.807, 2.05) is 19.6 Å². The van der Waals surface area contributed by atoms with Crippen molar-refractivity contribution in [3.8, 4) is 5.75 Å². The molecule has 0 saturated carbocycles. The third kappa shape index (κ3) is 3.36. The molecule has 0 aliphatic carbocycles. The molecule has 0 bridgehead atoms. The second kappa shape index (κ2) is 4.02. The van der Waals surface area contributed by atoms with Gasteiger partial charge in [-0.3, -0.25) is 0 Å². The Bertz CT molecular complexity index is 385. The van der Waals surface area contributed by atoms with E-state index in [1.54, 1.807) is 0 Å². The van der Waals surface area contributed by atoms with Crippen molar-refractivity contribution in [2.24, 2.45) is 0 Å². The number of carboxylic acid groups (broad SMARTS) is 1. The van der Waals surface area contributed by atoms with E-state index in [9.17, 15) is 9.18 Å². The summed E-state index contributed by atoms with van der Waals surface area (Å²) in [5.41, 5.74) is -0.127. The fourth-order valence-corrected chi connectivity index (χ4v) is 1.93. The van der Waals surface area contributed by atoms with Crippen LogP contribution in [0.15, 0.2) is 18.2 Å². The van der Waals surface area contributed by atoms with E-state index in [1.165, 1.54) is 12.1 Å². The Morgan fingerprint density at radius 2 is 2.00 bits per heavy atom. The lowest BCUT2D eigenvalue weighted by Crippen LogP contribution is -2.30. The largest absolute Gasteiger partial charge is 0.544 e. The fraction of sp³-hybridized carbons (Fsp3) is 0.300. The molecule has 15 heavy (non-hydrogen) atoms. The molecule has 0 heterocycles. The molecular weight excluding hydrogens is 215 g/mol. The molecule has 0 spiro atoms. The standard InChI is InChI=1S/C10H13FO3Si/c1-15(2,3)14-9-5-4-7(11)6-8(9)10(12)13/h4-6H,1-3H3,(H,12,13). The topological polar surface area (TPSA) is 46.5 Å². The molecular formula is C10H13FO3Si. The van der Waals surface area contributed by atoms with E-state index in [-0.39, 0.29) is 11.3 Å². The van der Waals surface area contributed by atoms with E-state index in [0.717, 1.165) is 6.07 Å². The third-order valence-corrected chi connectivity index (χ3v) is 2.42. The van der Waals surface area contributed by atoms with Crippen molar-refractivity contribution in [2.75, 3.05) is 0 Å². The summed E-state index contributed by atoms with van der Waals surface area (Å²) in [6.45, 7) is 5.80. The maximum atomic E-state index is 12.8. The highest BCUT2D eigenvalue weighted by Crippen LogP contribution is 2.22. The van der Waals surface area contributed by atoms with Gasteiger partial charge in [0.15, 0.2) is 0 Å². The van der Waals surface area contributed by atoms with E-state index in [2.05, 4.69) is 0 Å². The Labute approximate surface area is 88.6 Å². The van der Waals surface area contributed by atoms with Gasteiger partial charge >= 0.3 is 5.97 Å². The summed E-state index contributed by atoms with van der Waals surface area (Å²) in [5.74, 6) is -1.51. The lowest BCUT2D eigenvalue weighted by Gasteiger charge is -2.20. The third-order valence-electron chi connectivity index (χ3n) is 1.59. The fourth-order valence-electron chi connectivity index (χ4n) is 1.09. The summed E-state index contributed by atoms with van der Waals surface area (Å²) in [6.07, 6.45) is 0. The number of carbonyl (C=O) groups is 1. The van der Waals surface area contributed by atoms with E-state index < -0.39 is 20.1 Å². The minimum Gasteiger partial charge on any atom is -0.544 e. The van der Waals surface area contributed by atoms with Crippen LogP contribution < -0.4 is 4.43 Å². The summed E-state index contributed by atoms with van der Waals surface area (Å²) < 4.78 is 18.4. The molecule has 0 aliphatic heterocycles. The van der Waals surface area contributed by atoms with E-state index in [4.69, 9.17) is 9.53 Å². The lowest BCUT2D eigenvalue weighted by molar-refractivity contribution is 0.0694. The van der Waals surface area contributed by atoms with Crippen LogP contribution in [0.25, 0.3) is 0 Å². The van der Waals surface area contributed by atoms with Gasteiger partial charge in [-0.05, 0) is 37.8 Å². The second-order valence-corrected chi connectivity index (χ2v) is 8.59. The van der Waals surface area contributed by atoms with Crippen LogP contribution >= 0.6 is 0 Å². The zero-order valence-corrected chi connectivity index (χ0v) is 9.87.